The zero-order chi connectivity index (χ0) is 15.1. The SMILES string of the molecule is CCN(C(=O)CN(C)CCC(=O)O)c1ccccc1C. The lowest BCUT2D eigenvalue weighted by atomic mass is 10.2. The molecule has 0 heterocycles. The third-order valence-corrected chi connectivity index (χ3v) is 3.14. The molecule has 1 aromatic rings. The number of carboxylic acid groups (broad SMARTS) is 1. The molecule has 1 amide bonds. The van der Waals surface area contributed by atoms with Gasteiger partial charge >= 0.3 is 5.97 Å². The van der Waals surface area contributed by atoms with E-state index in [-0.39, 0.29) is 18.9 Å². The molecule has 5 heteroatoms. The molecule has 1 N–H and O–H groups in total. The standard InChI is InChI=1S/C15H22N2O3/c1-4-17(13-8-6-5-7-12(13)2)14(18)11-16(3)10-9-15(19)20/h5-8H,4,9-11H2,1-3H3,(H,19,20). The molecule has 0 unspecified atom stereocenters. The van der Waals surface area contributed by atoms with Gasteiger partial charge in [0, 0.05) is 18.8 Å². The lowest BCUT2D eigenvalue weighted by Crippen LogP contribution is -2.39. The summed E-state index contributed by atoms with van der Waals surface area (Å²) in [6.45, 7) is 5.08. The first-order chi connectivity index (χ1) is 9.45. The van der Waals surface area contributed by atoms with Gasteiger partial charge in [-0.2, -0.15) is 0 Å². The lowest BCUT2D eigenvalue weighted by Gasteiger charge is -2.25. The van der Waals surface area contributed by atoms with Gasteiger partial charge in [-0.25, -0.2) is 0 Å². The van der Waals surface area contributed by atoms with E-state index in [9.17, 15) is 9.59 Å². The van der Waals surface area contributed by atoms with Crippen molar-refractivity contribution in [1.29, 1.82) is 0 Å². The lowest BCUT2D eigenvalue weighted by molar-refractivity contribution is -0.137. The van der Waals surface area contributed by atoms with Crippen LogP contribution in [0, 0.1) is 6.92 Å². The minimum Gasteiger partial charge on any atom is -0.481 e. The normalized spacial score (nSPS) is 10.6. The Morgan fingerprint density at radius 1 is 1.25 bits per heavy atom. The van der Waals surface area contributed by atoms with Gasteiger partial charge in [-0.15, -0.1) is 0 Å². The molecule has 5 nitrogen and oxygen atoms in total. The van der Waals surface area contributed by atoms with Crippen LogP contribution in [0.2, 0.25) is 0 Å². The molecule has 0 aromatic heterocycles. The number of likely N-dealkylation sites (N-methyl/N-ethyl adjacent to an activating group) is 2. The van der Waals surface area contributed by atoms with Crippen molar-refractivity contribution in [1.82, 2.24) is 4.90 Å². The molecule has 20 heavy (non-hydrogen) atoms. The summed E-state index contributed by atoms with van der Waals surface area (Å²) < 4.78 is 0. The van der Waals surface area contributed by atoms with Crippen LogP contribution in [0.4, 0.5) is 5.69 Å². The summed E-state index contributed by atoms with van der Waals surface area (Å²) in [5.74, 6) is -0.870. The first-order valence-corrected chi connectivity index (χ1v) is 6.72. The number of aryl methyl sites for hydroxylation is 1. The fourth-order valence-electron chi connectivity index (χ4n) is 2.03. The molecule has 0 saturated carbocycles. The van der Waals surface area contributed by atoms with Crippen LogP contribution in [0.1, 0.15) is 18.9 Å². The molecular formula is C15H22N2O3. The smallest absolute Gasteiger partial charge is 0.304 e. The van der Waals surface area contributed by atoms with Crippen LogP contribution in [-0.4, -0.2) is 48.6 Å². The molecule has 0 aliphatic carbocycles. The van der Waals surface area contributed by atoms with Crippen molar-refractivity contribution in [2.75, 3.05) is 31.6 Å². The fourth-order valence-corrected chi connectivity index (χ4v) is 2.03. The molecule has 0 radical (unpaired) electrons. The Bertz CT molecular complexity index is 474. The van der Waals surface area contributed by atoms with Crippen molar-refractivity contribution in [2.45, 2.75) is 20.3 Å². The summed E-state index contributed by atoms with van der Waals surface area (Å²) in [7, 11) is 1.76. The highest BCUT2D eigenvalue weighted by Crippen LogP contribution is 2.19. The second kappa shape index (κ2) is 7.65. The number of amides is 1. The van der Waals surface area contributed by atoms with E-state index in [1.165, 1.54) is 0 Å². The number of benzene rings is 1. The third kappa shape index (κ3) is 4.66. The van der Waals surface area contributed by atoms with Crippen molar-refractivity contribution in [3.05, 3.63) is 29.8 Å². The summed E-state index contributed by atoms with van der Waals surface area (Å²) in [6.07, 6.45) is 0.0419. The zero-order valence-corrected chi connectivity index (χ0v) is 12.3. The van der Waals surface area contributed by atoms with Gasteiger partial charge in [0.25, 0.3) is 0 Å². The van der Waals surface area contributed by atoms with E-state index in [1.54, 1.807) is 16.8 Å². The predicted octanol–water partition coefficient (Wildman–Crippen LogP) is 1.75. The molecule has 0 aliphatic heterocycles. The van der Waals surface area contributed by atoms with Crippen molar-refractivity contribution < 1.29 is 14.7 Å². The van der Waals surface area contributed by atoms with Crippen LogP contribution in [0.25, 0.3) is 0 Å². The maximum absolute atomic E-state index is 12.3. The van der Waals surface area contributed by atoms with Gasteiger partial charge in [-0.3, -0.25) is 14.5 Å². The quantitative estimate of drug-likeness (QED) is 0.825. The van der Waals surface area contributed by atoms with Gasteiger partial charge < -0.3 is 10.0 Å². The van der Waals surface area contributed by atoms with Gasteiger partial charge in [0.15, 0.2) is 0 Å². The Kier molecular flexibility index (Phi) is 6.18. The van der Waals surface area contributed by atoms with E-state index < -0.39 is 5.97 Å². The number of carbonyl (C=O) groups is 2. The molecule has 0 saturated heterocycles. The Morgan fingerprint density at radius 2 is 1.90 bits per heavy atom. The molecule has 1 rings (SSSR count). The number of carboxylic acids is 1. The van der Waals surface area contributed by atoms with E-state index in [2.05, 4.69) is 0 Å². The molecule has 0 atom stereocenters. The number of aliphatic carboxylic acids is 1. The zero-order valence-electron chi connectivity index (χ0n) is 12.3. The number of carbonyl (C=O) groups excluding carboxylic acids is 1. The molecular weight excluding hydrogens is 256 g/mol. The maximum Gasteiger partial charge on any atom is 0.304 e. The molecule has 0 bridgehead atoms. The van der Waals surface area contributed by atoms with Crippen molar-refractivity contribution in [2.24, 2.45) is 0 Å². The molecule has 0 fully saturated rings. The molecule has 110 valence electrons. The Labute approximate surface area is 119 Å². The molecule has 1 aromatic carbocycles. The number of hydrogen-bond donors (Lipinski definition) is 1. The monoisotopic (exact) mass is 278 g/mol. The Morgan fingerprint density at radius 3 is 2.45 bits per heavy atom. The van der Waals surface area contributed by atoms with E-state index in [0.717, 1.165) is 11.3 Å². The average molecular weight is 278 g/mol. The van der Waals surface area contributed by atoms with Crippen LogP contribution in [-0.2, 0) is 9.59 Å². The van der Waals surface area contributed by atoms with Gasteiger partial charge in [0.2, 0.25) is 5.91 Å². The van der Waals surface area contributed by atoms with Crippen LogP contribution in [0.3, 0.4) is 0 Å². The topological polar surface area (TPSA) is 60.9 Å². The first kappa shape index (κ1) is 16.2. The largest absolute Gasteiger partial charge is 0.481 e. The maximum atomic E-state index is 12.3. The second-order valence-electron chi connectivity index (χ2n) is 4.81. The highest BCUT2D eigenvalue weighted by molar-refractivity contribution is 5.95. The third-order valence-electron chi connectivity index (χ3n) is 3.14. The van der Waals surface area contributed by atoms with E-state index in [0.29, 0.717) is 13.1 Å². The number of rotatable bonds is 7. The van der Waals surface area contributed by atoms with Crippen LogP contribution >= 0.6 is 0 Å². The van der Waals surface area contributed by atoms with Crippen molar-refractivity contribution in [3.8, 4) is 0 Å². The Balaban J connectivity index is 2.68. The van der Waals surface area contributed by atoms with Crippen LogP contribution in [0.5, 0.6) is 0 Å². The minimum atomic E-state index is -0.851. The van der Waals surface area contributed by atoms with Crippen LogP contribution < -0.4 is 4.90 Å². The van der Waals surface area contributed by atoms with E-state index in [4.69, 9.17) is 5.11 Å². The fraction of sp³-hybridized carbons (Fsp3) is 0.467. The molecule has 0 aliphatic rings. The highest BCUT2D eigenvalue weighted by Gasteiger charge is 2.17. The average Bonchev–Trinajstić information content (AvgIpc) is 2.39. The predicted molar refractivity (Wildman–Crippen MR) is 79.0 cm³/mol. The van der Waals surface area contributed by atoms with E-state index in [1.807, 2.05) is 38.1 Å². The summed E-state index contributed by atoms with van der Waals surface area (Å²) in [5.41, 5.74) is 1.96. The summed E-state index contributed by atoms with van der Waals surface area (Å²) >= 11 is 0. The summed E-state index contributed by atoms with van der Waals surface area (Å²) in [4.78, 5) is 26.3. The number of hydrogen-bond acceptors (Lipinski definition) is 3. The second-order valence-corrected chi connectivity index (χ2v) is 4.81. The summed E-state index contributed by atoms with van der Waals surface area (Å²) in [6, 6.07) is 7.75. The summed E-state index contributed by atoms with van der Waals surface area (Å²) in [5, 5.41) is 8.64. The number of nitrogens with zero attached hydrogens (tertiary/aromatic N) is 2. The van der Waals surface area contributed by atoms with Gasteiger partial charge in [-0.05, 0) is 32.5 Å². The Hall–Kier alpha value is -1.88. The first-order valence-electron chi connectivity index (χ1n) is 6.72. The van der Waals surface area contributed by atoms with Gasteiger partial charge in [-0.1, -0.05) is 18.2 Å². The van der Waals surface area contributed by atoms with Crippen LogP contribution in [0.15, 0.2) is 24.3 Å². The van der Waals surface area contributed by atoms with Crippen molar-refractivity contribution in [3.63, 3.8) is 0 Å². The minimum absolute atomic E-state index is 0.0188. The van der Waals surface area contributed by atoms with Gasteiger partial charge in [0.05, 0.1) is 13.0 Å². The highest BCUT2D eigenvalue weighted by atomic mass is 16.4. The number of para-hydroxylation sites is 1. The number of anilines is 1. The molecule has 0 spiro atoms. The van der Waals surface area contributed by atoms with E-state index >= 15 is 0 Å². The van der Waals surface area contributed by atoms with Crippen molar-refractivity contribution >= 4 is 17.6 Å². The van der Waals surface area contributed by atoms with Gasteiger partial charge in [0.1, 0.15) is 0 Å².